The zero-order valence-electron chi connectivity index (χ0n) is 8.99. The van der Waals surface area contributed by atoms with E-state index in [1.54, 1.807) is 24.4 Å². The Labute approximate surface area is 100 Å². The van der Waals surface area contributed by atoms with Gasteiger partial charge in [0.15, 0.2) is 0 Å². The third-order valence-electron chi connectivity index (χ3n) is 2.54. The third-order valence-corrected chi connectivity index (χ3v) is 3.46. The molecule has 2 heterocycles. The quantitative estimate of drug-likeness (QED) is 0.887. The summed E-state index contributed by atoms with van der Waals surface area (Å²) >= 11 is 1.33. The van der Waals surface area contributed by atoms with Crippen molar-refractivity contribution in [3.63, 3.8) is 0 Å². The number of halogens is 3. The summed E-state index contributed by atoms with van der Waals surface area (Å²) in [5.41, 5.74) is 0. The van der Waals surface area contributed by atoms with Gasteiger partial charge in [0.2, 0.25) is 5.91 Å². The number of hydrogen-bond donors (Lipinski definition) is 1. The first-order valence-corrected chi connectivity index (χ1v) is 5.93. The van der Waals surface area contributed by atoms with Crippen LogP contribution in [0, 0.1) is 0 Å². The van der Waals surface area contributed by atoms with Crippen LogP contribution >= 0.6 is 11.3 Å². The van der Waals surface area contributed by atoms with Crippen molar-refractivity contribution in [2.45, 2.75) is 25.3 Å². The zero-order valence-corrected chi connectivity index (χ0v) is 9.81. The number of hydrogen-bond acceptors (Lipinski definition) is 3. The van der Waals surface area contributed by atoms with Gasteiger partial charge in [-0.05, 0) is 18.4 Å². The molecule has 0 aliphatic carbocycles. The highest BCUT2D eigenvalue weighted by molar-refractivity contribution is 7.10. The average Bonchev–Trinajstić information content (AvgIpc) is 2.80. The standard InChI is InChI=1S/C10H11F3N2OS/c1-6-9(16)15(5-10(11,12)13)8(14-6)7-3-2-4-17-7/h2-4,6,8,14H,5H2,1H3. The summed E-state index contributed by atoms with van der Waals surface area (Å²) < 4.78 is 37.2. The van der Waals surface area contributed by atoms with Crippen LogP contribution in [-0.4, -0.2) is 29.6 Å². The van der Waals surface area contributed by atoms with E-state index in [2.05, 4.69) is 5.32 Å². The Morgan fingerprint density at radius 3 is 2.76 bits per heavy atom. The molecule has 7 heteroatoms. The molecule has 1 aromatic rings. The first kappa shape index (κ1) is 12.4. The van der Waals surface area contributed by atoms with Crippen molar-refractivity contribution in [1.82, 2.24) is 10.2 Å². The van der Waals surface area contributed by atoms with Crippen molar-refractivity contribution in [2.24, 2.45) is 0 Å². The van der Waals surface area contributed by atoms with Crippen molar-refractivity contribution >= 4 is 17.2 Å². The van der Waals surface area contributed by atoms with Gasteiger partial charge in [-0.2, -0.15) is 13.2 Å². The summed E-state index contributed by atoms with van der Waals surface area (Å²) in [5.74, 6) is -0.513. The van der Waals surface area contributed by atoms with Crippen molar-refractivity contribution in [3.05, 3.63) is 22.4 Å². The third kappa shape index (κ3) is 2.61. The van der Waals surface area contributed by atoms with Crippen molar-refractivity contribution in [2.75, 3.05) is 6.54 Å². The Morgan fingerprint density at radius 2 is 2.24 bits per heavy atom. The van der Waals surface area contributed by atoms with Crippen molar-refractivity contribution in [3.8, 4) is 0 Å². The molecule has 0 aromatic carbocycles. The summed E-state index contributed by atoms with van der Waals surface area (Å²) in [6.07, 6.45) is -5.05. The molecule has 0 spiro atoms. The van der Waals surface area contributed by atoms with E-state index in [-0.39, 0.29) is 0 Å². The zero-order chi connectivity index (χ0) is 12.6. The molecule has 1 amide bonds. The second-order valence-corrected chi connectivity index (χ2v) is 4.87. The van der Waals surface area contributed by atoms with E-state index in [9.17, 15) is 18.0 Å². The topological polar surface area (TPSA) is 32.3 Å². The van der Waals surface area contributed by atoms with E-state index in [1.165, 1.54) is 11.3 Å². The van der Waals surface area contributed by atoms with E-state index < -0.39 is 30.8 Å². The predicted octanol–water partition coefficient (Wildman–Crippen LogP) is 2.13. The minimum atomic E-state index is -4.38. The normalized spacial score (nSPS) is 25.6. The number of nitrogens with one attached hydrogen (secondary N) is 1. The van der Waals surface area contributed by atoms with Gasteiger partial charge < -0.3 is 4.90 Å². The van der Waals surface area contributed by atoms with Crippen LogP contribution in [0.25, 0.3) is 0 Å². The van der Waals surface area contributed by atoms with Crippen LogP contribution in [0.5, 0.6) is 0 Å². The lowest BCUT2D eigenvalue weighted by Crippen LogP contribution is -2.38. The van der Waals surface area contributed by atoms with E-state index in [4.69, 9.17) is 0 Å². The summed E-state index contributed by atoms with van der Waals surface area (Å²) in [6.45, 7) is 0.352. The molecular weight excluding hydrogens is 253 g/mol. The van der Waals surface area contributed by atoms with Gasteiger partial charge in [0, 0.05) is 4.88 Å². The predicted molar refractivity (Wildman–Crippen MR) is 57.4 cm³/mol. The maximum absolute atomic E-state index is 12.4. The molecule has 17 heavy (non-hydrogen) atoms. The molecule has 3 nitrogen and oxygen atoms in total. The molecule has 0 radical (unpaired) electrons. The maximum Gasteiger partial charge on any atom is 0.406 e. The van der Waals surface area contributed by atoms with Gasteiger partial charge in [0.05, 0.1) is 6.04 Å². The monoisotopic (exact) mass is 264 g/mol. The number of alkyl halides is 3. The van der Waals surface area contributed by atoms with E-state index in [0.29, 0.717) is 4.88 Å². The number of rotatable bonds is 2. The molecular formula is C10H11F3N2OS. The van der Waals surface area contributed by atoms with Gasteiger partial charge in [-0.15, -0.1) is 11.3 Å². The number of nitrogens with zero attached hydrogens (tertiary/aromatic N) is 1. The molecule has 1 aliphatic heterocycles. The summed E-state index contributed by atoms with van der Waals surface area (Å²) in [4.78, 5) is 13.2. The molecule has 94 valence electrons. The largest absolute Gasteiger partial charge is 0.406 e. The van der Waals surface area contributed by atoms with E-state index in [1.807, 2.05) is 0 Å². The smallest absolute Gasteiger partial charge is 0.312 e. The Bertz CT molecular complexity index is 404. The molecule has 1 aliphatic rings. The Balaban J connectivity index is 2.22. The minimum Gasteiger partial charge on any atom is -0.312 e. The average molecular weight is 264 g/mol. The van der Waals surface area contributed by atoms with Gasteiger partial charge >= 0.3 is 6.18 Å². The fraction of sp³-hybridized carbons (Fsp3) is 0.500. The lowest BCUT2D eigenvalue weighted by atomic mass is 10.3. The molecule has 2 rings (SSSR count). The lowest BCUT2D eigenvalue weighted by molar-refractivity contribution is -0.161. The number of thiophene rings is 1. The maximum atomic E-state index is 12.4. The summed E-state index contributed by atoms with van der Waals surface area (Å²) in [5, 5.41) is 4.64. The van der Waals surface area contributed by atoms with Crippen molar-refractivity contribution < 1.29 is 18.0 Å². The first-order chi connectivity index (χ1) is 7.88. The number of amides is 1. The molecule has 1 N–H and O–H groups in total. The van der Waals surface area contributed by atoms with E-state index >= 15 is 0 Å². The molecule has 1 saturated heterocycles. The van der Waals surface area contributed by atoms with Crippen LogP contribution in [0.4, 0.5) is 13.2 Å². The van der Waals surface area contributed by atoms with Crippen LogP contribution in [0.1, 0.15) is 18.0 Å². The molecule has 0 bridgehead atoms. The van der Waals surface area contributed by atoms with E-state index in [0.717, 1.165) is 4.90 Å². The van der Waals surface area contributed by atoms with Crippen LogP contribution in [0.15, 0.2) is 17.5 Å². The summed E-state index contributed by atoms with van der Waals surface area (Å²) in [6, 6.07) is 2.89. The van der Waals surface area contributed by atoms with Gasteiger partial charge in [-0.3, -0.25) is 10.1 Å². The second kappa shape index (κ2) is 4.30. The Hall–Kier alpha value is -1.08. The van der Waals surface area contributed by atoms with Crippen LogP contribution in [0.2, 0.25) is 0 Å². The minimum absolute atomic E-state index is 0.513. The highest BCUT2D eigenvalue weighted by Gasteiger charge is 2.43. The Kier molecular flexibility index (Phi) is 3.13. The second-order valence-electron chi connectivity index (χ2n) is 3.89. The first-order valence-electron chi connectivity index (χ1n) is 5.05. The fourth-order valence-electron chi connectivity index (χ4n) is 1.82. The van der Waals surface area contributed by atoms with Crippen LogP contribution < -0.4 is 5.32 Å². The number of carbonyl (C=O) groups excluding carboxylic acids is 1. The molecule has 1 aromatic heterocycles. The lowest BCUT2D eigenvalue weighted by Gasteiger charge is -2.24. The van der Waals surface area contributed by atoms with Gasteiger partial charge in [-0.25, -0.2) is 0 Å². The van der Waals surface area contributed by atoms with Crippen LogP contribution in [-0.2, 0) is 4.79 Å². The molecule has 1 fully saturated rings. The summed E-state index contributed by atoms with van der Waals surface area (Å²) in [7, 11) is 0. The van der Waals surface area contributed by atoms with Gasteiger partial charge in [-0.1, -0.05) is 6.07 Å². The molecule has 2 atom stereocenters. The van der Waals surface area contributed by atoms with Gasteiger partial charge in [0.25, 0.3) is 0 Å². The fourth-order valence-corrected chi connectivity index (χ4v) is 2.61. The van der Waals surface area contributed by atoms with Gasteiger partial charge in [0.1, 0.15) is 12.7 Å². The van der Waals surface area contributed by atoms with Crippen LogP contribution in [0.3, 0.4) is 0 Å². The molecule has 0 saturated carbocycles. The Morgan fingerprint density at radius 1 is 1.53 bits per heavy atom. The highest BCUT2D eigenvalue weighted by Crippen LogP contribution is 2.31. The highest BCUT2D eigenvalue weighted by atomic mass is 32.1. The molecule has 2 unspecified atom stereocenters. The number of carbonyl (C=O) groups is 1. The SMILES string of the molecule is CC1NC(c2cccs2)N(CC(F)(F)F)C1=O. The van der Waals surface area contributed by atoms with Crippen molar-refractivity contribution in [1.29, 1.82) is 0 Å².